The molecule has 2 aromatic rings. The van der Waals surface area contributed by atoms with Crippen molar-refractivity contribution in [2.24, 2.45) is 11.8 Å². The van der Waals surface area contributed by atoms with Gasteiger partial charge in [-0.1, -0.05) is 12.1 Å². The number of amides is 1. The average Bonchev–Trinajstić information content (AvgIpc) is 3.17. The number of rotatable bonds is 6. The van der Waals surface area contributed by atoms with Gasteiger partial charge in [0.15, 0.2) is 18.1 Å². The molecule has 6 nitrogen and oxygen atoms in total. The molecule has 0 unspecified atom stereocenters. The first-order valence-corrected chi connectivity index (χ1v) is 10.2. The van der Waals surface area contributed by atoms with Crippen LogP contribution >= 0.6 is 0 Å². The van der Waals surface area contributed by atoms with Crippen molar-refractivity contribution in [1.29, 1.82) is 0 Å². The van der Waals surface area contributed by atoms with Crippen molar-refractivity contribution >= 4 is 5.91 Å². The third-order valence-corrected chi connectivity index (χ3v) is 5.96. The van der Waals surface area contributed by atoms with E-state index in [9.17, 15) is 14.3 Å². The molecule has 0 spiro atoms. The van der Waals surface area contributed by atoms with Crippen molar-refractivity contribution in [3.8, 4) is 17.2 Å². The number of likely N-dealkylation sites (tertiary alicyclic amines) is 1. The Labute approximate surface area is 175 Å². The van der Waals surface area contributed by atoms with Gasteiger partial charge in [0.25, 0.3) is 5.91 Å². The number of aliphatic hydroxyl groups excluding tert-OH is 1. The summed E-state index contributed by atoms with van der Waals surface area (Å²) in [5, 5.41) is 10.5. The van der Waals surface area contributed by atoms with E-state index in [0.717, 1.165) is 0 Å². The molecule has 1 aliphatic carbocycles. The van der Waals surface area contributed by atoms with Crippen LogP contribution < -0.4 is 14.2 Å². The van der Waals surface area contributed by atoms with Gasteiger partial charge in [-0.15, -0.1) is 0 Å². The lowest BCUT2D eigenvalue weighted by Gasteiger charge is -2.35. The highest BCUT2D eigenvalue weighted by Gasteiger charge is 2.43. The molecule has 0 bridgehead atoms. The molecule has 4 rings (SSSR count). The lowest BCUT2D eigenvalue weighted by Crippen LogP contribution is -2.42. The van der Waals surface area contributed by atoms with Crippen LogP contribution in [0.1, 0.15) is 12.8 Å². The molecule has 1 heterocycles. The molecule has 0 radical (unpaired) electrons. The van der Waals surface area contributed by atoms with Gasteiger partial charge in [-0.2, -0.15) is 0 Å². The van der Waals surface area contributed by atoms with E-state index in [4.69, 9.17) is 14.2 Å². The average molecular weight is 415 g/mol. The quantitative estimate of drug-likeness (QED) is 0.786. The van der Waals surface area contributed by atoms with Crippen LogP contribution in [0.3, 0.4) is 0 Å². The normalized spacial score (nSPS) is 25.5. The van der Waals surface area contributed by atoms with Gasteiger partial charge in [-0.05, 0) is 61.1 Å². The highest BCUT2D eigenvalue weighted by atomic mass is 19.1. The van der Waals surface area contributed by atoms with E-state index in [-0.39, 0.29) is 36.3 Å². The second-order valence-electron chi connectivity index (χ2n) is 7.91. The number of nitrogens with zero attached hydrogens (tertiary/aromatic N) is 1. The summed E-state index contributed by atoms with van der Waals surface area (Å²) in [7, 11) is 1.56. The summed E-state index contributed by atoms with van der Waals surface area (Å²) >= 11 is 0. The number of para-hydroxylation sites is 2. The van der Waals surface area contributed by atoms with Crippen molar-refractivity contribution in [3.05, 3.63) is 54.3 Å². The van der Waals surface area contributed by atoms with E-state index in [0.29, 0.717) is 43.2 Å². The van der Waals surface area contributed by atoms with Gasteiger partial charge in [-0.3, -0.25) is 4.79 Å². The van der Waals surface area contributed by atoms with Crippen molar-refractivity contribution in [3.63, 3.8) is 0 Å². The first-order chi connectivity index (χ1) is 14.5. The molecule has 160 valence electrons. The van der Waals surface area contributed by atoms with Crippen molar-refractivity contribution < 1.29 is 28.5 Å². The van der Waals surface area contributed by atoms with Crippen LogP contribution in [0.25, 0.3) is 0 Å². The first kappa shape index (κ1) is 20.5. The van der Waals surface area contributed by atoms with E-state index >= 15 is 0 Å². The molecule has 4 atom stereocenters. The Balaban J connectivity index is 1.32. The standard InChI is InChI=1S/C23H26FNO5/c1-28-20-4-2-3-5-21(20)29-14-23(27)25-12-15-10-19(26)22(11-16(15)13-25)30-18-8-6-17(24)7-9-18/h2-9,15-16,19,22,26H,10-14H2,1H3/t15-,16+,19+,22+/m0/s1. The Kier molecular flexibility index (Phi) is 6.08. The predicted octanol–water partition coefficient (Wildman–Crippen LogP) is 2.89. The van der Waals surface area contributed by atoms with Crippen LogP contribution in [-0.2, 0) is 4.79 Å². The fourth-order valence-electron chi connectivity index (χ4n) is 4.38. The fraction of sp³-hybridized carbons (Fsp3) is 0.435. The number of methoxy groups -OCH3 is 1. The summed E-state index contributed by atoms with van der Waals surface area (Å²) in [6.07, 6.45) is 0.251. The van der Waals surface area contributed by atoms with Gasteiger partial charge in [0.2, 0.25) is 0 Å². The van der Waals surface area contributed by atoms with Crippen LogP contribution in [0, 0.1) is 17.7 Å². The highest BCUT2D eigenvalue weighted by Crippen LogP contribution is 2.38. The van der Waals surface area contributed by atoms with E-state index < -0.39 is 6.10 Å². The van der Waals surface area contributed by atoms with Gasteiger partial charge >= 0.3 is 0 Å². The van der Waals surface area contributed by atoms with Gasteiger partial charge in [0, 0.05) is 13.1 Å². The smallest absolute Gasteiger partial charge is 0.260 e. The fourth-order valence-corrected chi connectivity index (χ4v) is 4.38. The zero-order chi connectivity index (χ0) is 21.1. The molecule has 0 aromatic heterocycles. The van der Waals surface area contributed by atoms with Gasteiger partial charge in [-0.25, -0.2) is 4.39 Å². The number of benzene rings is 2. The lowest BCUT2D eigenvalue weighted by atomic mass is 9.78. The third kappa shape index (κ3) is 4.51. The number of carbonyl (C=O) groups excluding carboxylic acids is 1. The number of carbonyl (C=O) groups is 1. The van der Waals surface area contributed by atoms with Gasteiger partial charge in [0.05, 0.1) is 13.2 Å². The minimum absolute atomic E-state index is 0.0577. The maximum Gasteiger partial charge on any atom is 0.260 e. The lowest BCUT2D eigenvalue weighted by molar-refractivity contribution is -0.132. The summed E-state index contributed by atoms with van der Waals surface area (Å²) in [6.45, 7) is 1.17. The Morgan fingerprint density at radius 3 is 2.43 bits per heavy atom. The number of hydrogen-bond acceptors (Lipinski definition) is 5. The number of hydrogen-bond donors (Lipinski definition) is 1. The molecule has 1 aliphatic heterocycles. The Morgan fingerprint density at radius 1 is 1.07 bits per heavy atom. The van der Waals surface area contributed by atoms with E-state index in [1.807, 2.05) is 12.1 Å². The highest BCUT2D eigenvalue weighted by molar-refractivity contribution is 5.78. The molecule has 1 amide bonds. The van der Waals surface area contributed by atoms with Crippen LogP contribution in [-0.4, -0.2) is 54.9 Å². The summed E-state index contributed by atoms with van der Waals surface area (Å²) in [5.41, 5.74) is 0. The largest absolute Gasteiger partial charge is 0.493 e. The zero-order valence-corrected chi connectivity index (χ0v) is 16.9. The maximum atomic E-state index is 13.1. The Morgan fingerprint density at radius 2 is 1.73 bits per heavy atom. The molecule has 2 aromatic carbocycles. The Hall–Kier alpha value is -2.80. The number of ether oxygens (including phenoxy) is 3. The number of fused-ring (bicyclic) bond motifs is 1. The maximum absolute atomic E-state index is 13.1. The molecule has 1 N–H and O–H groups in total. The van der Waals surface area contributed by atoms with E-state index in [1.165, 1.54) is 12.1 Å². The molecule has 1 saturated carbocycles. The molecule has 1 saturated heterocycles. The third-order valence-electron chi connectivity index (χ3n) is 5.96. The van der Waals surface area contributed by atoms with Crippen molar-refractivity contribution in [2.45, 2.75) is 25.0 Å². The molecule has 2 fully saturated rings. The molecule has 7 heteroatoms. The van der Waals surface area contributed by atoms with E-state index in [1.54, 1.807) is 36.3 Å². The minimum Gasteiger partial charge on any atom is -0.493 e. The topological polar surface area (TPSA) is 68.2 Å². The second kappa shape index (κ2) is 8.92. The molecule has 2 aliphatic rings. The molecular formula is C23H26FNO5. The van der Waals surface area contributed by atoms with Gasteiger partial charge in [0.1, 0.15) is 17.7 Å². The van der Waals surface area contributed by atoms with Crippen LogP contribution in [0.4, 0.5) is 4.39 Å². The monoisotopic (exact) mass is 415 g/mol. The zero-order valence-electron chi connectivity index (χ0n) is 16.9. The summed E-state index contributed by atoms with van der Waals surface area (Å²) < 4.78 is 29.9. The van der Waals surface area contributed by atoms with Crippen molar-refractivity contribution in [1.82, 2.24) is 4.90 Å². The van der Waals surface area contributed by atoms with Crippen molar-refractivity contribution in [2.75, 3.05) is 26.8 Å². The number of halogens is 1. The number of aliphatic hydroxyl groups is 1. The van der Waals surface area contributed by atoms with Crippen LogP contribution in [0.5, 0.6) is 17.2 Å². The molecule has 30 heavy (non-hydrogen) atoms. The Bertz CT molecular complexity index is 874. The minimum atomic E-state index is -0.615. The summed E-state index contributed by atoms with van der Waals surface area (Å²) in [6, 6.07) is 13.0. The second-order valence-corrected chi connectivity index (χ2v) is 7.91. The SMILES string of the molecule is COc1ccccc1OCC(=O)N1C[C@H]2C[C@@H](Oc3ccc(F)cc3)[C@H](O)C[C@H]2C1. The summed E-state index contributed by atoms with van der Waals surface area (Å²) in [5.74, 6) is 1.75. The van der Waals surface area contributed by atoms with E-state index in [2.05, 4.69) is 0 Å². The molecular weight excluding hydrogens is 389 g/mol. The van der Waals surface area contributed by atoms with Crippen LogP contribution in [0.15, 0.2) is 48.5 Å². The van der Waals surface area contributed by atoms with Gasteiger partial charge < -0.3 is 24.2 Å². The summed E-state index contributed by atoms with van der Waals surface area (Å²) in [4.78, 5) is 14.5. The predicted molar refractivity (Wildman–Crippen MR) is 108 cm³/mol. The first-order valence-electron chi connectivity index (χ1n) is 10.2. The van der Waals surface area contributed by atoms with Crippen LogP contribution in [0.2, 0.25) is 0 Å².